The summed E-state index contributed by atoms with van der Waals surface area (Å²) in [5.41, 5.74) is 1.17. The molecule has 1 amide bonds. The molecule has 1 aliphatic heterocycles. The maximum Gasteiger partial charge on any atom is 0.230 e. The van der Waals surface area contributed by atoms with Crippen molar-refractivity contribution < 1.29 is 14.3 Å². The Kier molecular flexibility index (Phi) is 7.36. The summed E-state index contributed by atoms with van der Waals surface area (Å²) in [5, 5.41) is 12.7. The molecule has 1 aliphatic rings. The van der Waals surface area contributed by atoms with Crippen molar-refractivity contribution in [2.24, 2.45) is 0 Å². The zero-order valence-corrected chi connectivity index (χ0v) is 17.1. The van der Waals surface area contributed by atoms with Gasteiger partial charge in [-0.25, -0.2) is 4.98 Å². The lowest BCUT2D eigenvalue weighted by Crippen LogP contribution is -2.55. The molecule has 1 aromatic rings. The Balaban J connectivity index is 1.92. The van der Waals surface area contributed by atoms with Gasteiger partial charge in [0.25, 0.3) is 0 Å². The summed E-state index contributed by atoms with van der Waals surface area (Å²) in [6.07, 6.45) is 0. The zero-order chi connectivity index (χ0) is 20.0. The predicted octanol–water partition coefficient (Wildman–Crippen LogP) is 1.78. The first-order valence-corrected chi connectivity index (χ1v) is 9.88. The highest BCUT2D eigenvalue weighted by Crippen LogP contribution is 2.23. The number of pyridine rings is 1. The van der Waals surface area contributed by atoms with E-state index in [2.05, 4.69) is 35.1 Å². The topological polar surface area (TPSA) is 95.3 Å². The van der Waals surface area contributed by atoms with Crippen molar-refractivity contribution >= 4 is 23.5 Å². The van der Waals surface area contributed by atoms with Crippen molar-refractivity contribution in [3.05, 3.63) is 22.9 Å². The molecule has 0 bridgehead atoms. The first kappa shape index (κ1) is 21.4. The van der Waals surface area contributed by atoms with Gasteiger partial charge in [0.2, 0.25) is 5.91 Å². The lowest BCUT2D eigenvalue weighted by atomic mass is 10.0. The number of rotatable bonds is 7. The number of Topliss-reactive ketones (excluding diaryl/α,β-unsaturated/α-hetero) is 1. The zero-order valence-electron chi connectivity index (χ0n) is 16.3. The van der Waals surface area contributed by atoms with E-state index in [0.29, 0.717) is 41.6 Å². The van der Waals surface area contributed by atoms with Crippen LogP contribution in [0.1, 0.15) is 42.4 Å². The number of thioether (sulfide) groups is 1. The first-order chi connectivity index (χ1) is 12.7. The number of nitriles is 1. The molecule has 1 saturated heterocycles. The van der Waals surface area contributed by atoms with Crippen LogP contribution in [0.3, 0.4) is 0 Å². The molecular formula is C19H26N4O3S. The van der Waals surface area contributed by atoms with Crippen LogP contribution < -0.4 is 5.32 Å². The molecular weight excluding hydrogens is 364 g/mol. The van der Waals surface area contributed by atoms with Crippen molar-refractivity contribution in [2.75, 3.05) is 38.6 Å². The Morgan fingerprint density at radius 1 is 1.41 bits per heavy atom. The van der Waals surface area contributed by atoms with E-state index in [1.165, 1.54) is 18.7 Å². The molecule has 146 valence electrons. The van der Waals surface area contributed by atoms with Gasteiger partial charge in [0, 0.05) is 36.4 Å². The SMILES string of the molecule is CC(=O)c1cc(C#N)c(SCC(=O)NCC(C)(C)N2CCOCC2)nc1C. The molecule has 0 saturated carbocycles. The van der Waals surface area contributed by atoms with Gasteiger partial charge in [-0.2, -0.15) is 5.26 Å². The number of hydrogen-bond acceptors (Lipinski definition) is 7. The minimum absolute atomic E-state index is 0.111. The number of nitrogens with one attached hydrogen (secondary N) is 1. The average molecular weight is 391 g/mol. The molecule has 0 radical (unpaired) electrons. The van der Waals surface area contributed by atoms with E-state index >= 15 is 0 Å². The molecule has 7 nitrogen and oxygen atoms in total. The summed E-state index contributed by atoms with van der Waals surface area (Å²) >= 11 is 1.21. The van der Waals surface area contributed by atoms with Gasteiger partial charge in [-0.05, 0) is 33.8 Å². The van der Waals surface area contributed by atoms with Gasteiger partial charge < -0.3 is 10.1 Å². The molecule has 0 aromatic carbocycles. The molecule has 2 heterocycles. The highest BCUT2D eigenvalue weighted by Gasteiger charge is 2.28. The van der Waals surface area contributed by atoms with Crippen LogP contribution in [0.5, 0.6) is 0 Å². The molecule has 0 atom stereocenters. The minimum Gasteiger partial charge on any atom is -0.379 e. The molecule has 2 rings (SSSR count). The van der Waals surface area contributed by atoms with Gasteiger partial charge in [0.1, 0.15) is 11.1 Å². The number of aromatic nitrogens is 1. The van der Waals surface area contributed by atoms with E-state index in [9.17, 15) is 14.9 Å². The van der Waals surface area contributed by atoms with Crippen LogP contribution in [0.4, 0.5) is 0 Å². The van der Waals surface area contributed by atoms with Crippen molar-refractivity contribution in [1.29, 1.82) is 5.26 Å². The number of ketones is 1. The second-order valence-electron chi connectivity index (χ2n) is 7.12. The van der Waals surface area contributed by atoms with E-state index < -0.39 is 0 Å². The van der Waals surface area contributed by atoms with Crippen LogP contribution in [-0.2, 0) is 9.53 Å². The van der Waals surface area contributed by atoms with E-state index in [4.69, 9.17) is 4.74 Å². The number of carbonyl (C=O) groups excluding carboxylic acids is 2. The van der Waals surface area contributed by atoms with Crippen LogP contribution >= 0.6 is 11.8 Å². The third-order valence-corrected chi connectivity index (χ3v) is 5.59. The second-order valence-corrected chi connectivity index (χ2v) is 8.08. The van der Waals surface area contributed by atoms with Crippen molar-refractivity contribution in [1.82, 2.24) is 15.2 Å². The molecule has 0 spiro atoms. The molecule has 27 heavy (non-hydrogen) atoms. The summed E-state index contributed by atoms with van der Waals surface area (Å²) < 4.78 is 5.38. The Bertz CT molecular complexity index is 752. The predicted molar refractivity (Wildman–Crippen MR) is 104 cm³/mol. The van der Waals surface area contributed by atoms with E-state index in [0.717, 1.165) is 13.1 Å². The van der Waals surface area contributed by atoms with Crippen LogP contribution in [0.25, 0.3) is 0 Å². The summed E-state index contributed by atoms with van der Waals surface area (Å²) in [6, 6.07) is 3.60. The number of morpholine rings is 1. The Hall–Kier alpha value is -1.95. The number of hydrogen-bond donors (Lipinski definition) is 1. The summed E-state index contributed by atoms with van der Waals surface area (Å²) in [5.74, 6) is -0.0730. The fourth-order valence-electron chi connectivity index (χ4n) is 2.91. The monoisotopic (exact) mass is 390 g/mol. The highest BCUT2D eigenvalue weighted by molar-refractivity contribution is 8.00. The van der Waals surface area contributed by atoms with Crippen LogP contribution in [0.15, 0.2) is 11.1 Å². The smallest absolute Gasteiger partial charge is 0.230 e. The first-order valence-electron chi connectivity index (χ1n) is 8.89. The van der Waals surface area contributed by atoms with Gasteiger partial charge in [0.05, 0.1) is 24.5 Å². The van der Waals surface area contributed by atoms with Gasteiger partial charge in [0.15, 0.2) is 5.78 Å². The minimum atomic E-state index is -0.153. The summed E-state index contributed by atoms with van der Waals surface area (Å²) in [4.78, 5) is 30.5. The number of nitrogens with zero attached hydrogens (tertiary/aromatic N) is 3. The third-order valence-electron chi connectivity index (χ3n) is 4.60. The standard InChI is InChI=1S/C19H26N4O3S/c1-13-16(14(2)24)9-15(10-20)18(22-13)27-11-17(25)21-12-19(3,4)23-5-7-26-8-6-23/h9H,5-8,11-12H2,1-4H3,(H,21,25). The number of ether oxygens (including phenoxy) is 1. The maximum absolute atomic E-state index is 12.3. The largest absolute Gasteiger partial charge is 0.379 e. The molecule has 8 heteroatoms. The molecule has 0 aliphatic carbocycles. The van der Waals surface area contributed by atoms with Crippen LogP contribution in [-0.4, -0.2) is 65.7 Å². The fraction of sp³-hybridized carbons (Fsp3) is 0.579. The van der Waals surface area contributed by atoms with Crippen molar-refractivity contribution in [3.63, 3.8) is 0 Å². The average Bonchev–Trinajstić information content (AvgIpc) is 2.65. The summed E-state index contributed by atoms with van der Waals surface area (Å²) in [6.45, 7) is 11.1. The Labute approximate surface area is 164 Å². The van der Waals surface area contributed by atoms with Gasteiger partial charge in [-0.3, -0.25) is 14.5 Å². The molecule has 1 fully saturated rings. The molecule has 0 unspecified atom stereocenters. The summed E-state index contributed by atoms with van der Waals surface area (Å²) in [7, 11) is 0. The van der Waals surface area contributed by atoms with E-state index in [-0.39, 0.29) is 23.0 Å². The third kappa shape index (κ3) is 5.76. The Morgan fingerprint density at radius 2 is 2.07 bits per heavy atom. The van der Waals surface area contributed by atoms with Crippen molar-refractivity contribution in [3.8, 4) is 6.07 Å². The second kappa shape index (κ2) is 9.31. The van der Waals surface area contributed by atoms with Crippen LogP contribution in [0.2, 0.25) is 0 Å². The van der Waals surface area contributed by atoms with Crippen LogP contribution in [0, 0.1) is 18.3 Å². The highest BCUT2D eigenvalue weighted by atomic mass is 32.2. The molecule has 1 N–H and O–H groups in total. The maximum atomic E-state index is 12.3. The lowest BCUT2D eigenvalue weighted by molar-refractivity contribution is -0.119. The van der Waals surface area contributed by atoms with E-state index in [1.54, 1.807) is 13.0 Å². The Morgan fingerprint density at radius 3 is 2.67 bits per heavy atom. The quantitative estimate of drug-likeness (QED) is 0.560. The van der Waals surface area contributed by atoms with E-state index in [1.807, 2.05) is 0 Å². The normalized spacial score (nSPS) is 15.2. The van der Waals surface area contributed by atoms with Crippen molar-refractivity contribution in [2.45, 2.75) is 38.3 Å². The van der Waals surface area contributed by atoms with Gasteiger partial charge in [-0.1, -0.05) is 11.8 Å². The fourth-order valence-corrected chi connectivity index (χ4v) is 3.74. The van der Waals surface area contributed by atoms with Gasteiger partial charge >= 0.3 is 0 Å². The number of amides is 1. The number of aryl methyl sites for hydroxylation is 1. The van der Waals surface area contributed by atoms with Gasteiger partial charge in [-0.15, -0.1) is 0 Å². The molecule has 1 aromatic heterocycles. The number of carbonyl (C=O) groups is 2. The lowest BCUT2D eigenvalue weighted by Gasteiger charge is -2.40.